The van der Waals surface area contributed by atoms with Gasteiger partial charge in [-0.3, -0.25) is 0 Å². The zero-order valence-electron chi connectivity index (χ0n) is 11.6. The molecule has 1 atom stereocenters. The molecule has 0 radical (unpaired) electrons. The van der Waals surface area contributed by atoms with Gasteiger partial charge in [0, 0.05) is 32.4 Å². The van der Waals surface area contributed by atoms with Crippen LogP contribution in [0.2, 0.25) is 0 Å². The number of benzene rings is 1. The summed E-state index contributed by atoms with van der Waals surface area (Å²) in [5.41, 5.74) is 0.970. The van der Waals surface area contributed by atoms with Gasteiger partial charge in [-0.2, -0.15) is 0 Å². The molecule has 1 saturated heterocycles. The minimum absolute atomic E-state index is 0.326. The molecule has 2 rings (SSSR count). The van der Waals surface area contributed by atoms with E-state index in [-0.39, 0.29) is 0 Å². The minimum atomic E-state index is -3.33. The predicted molar refractivity (Wildman–Crippen MR) is 76.8 cm³/mol. The molecule has 19 heavy (non-hydrogen) atoms. The molecule has 0 aliphatic carbocycles. The lowest BCUT2D eigenvalue weighted by atomic mass is 10.2. The summed E-state index contributed by atoms with van der Waals surface area (Å²) in [6.07, 6.45) is 1.12. The Morgan fingerprint density at radius 3 is 2.37 bits per heavy atom. The molecule has 0 aromatic heterocycles. The Kier molecular flexibility index (Phi) is 4.13. The van der Waals surface area contributed by atoms with E-state index in [9.17, 15) is 8.42 Å². The second-order valence-electron chi connectivity index (χ2n) is 5.20. The molecule has 1 heterocycles. The lowest BCUT2D eigenvalue weighted by Gasteiger charge is -2.15. The molecule has 1 aromatic carbocycles. The number of nitrogens with one attached hydrogen (secondary N) is 1. The first-order valence-corrected chi connectivity index (χ1v) is 7.81. The van der Waals surface area contributed by atoms with Gasteiger partial charge in [0.05, 0.1) is 4.90 Å². The second-order valence-corrected chi connectivity index (χ2v) is 7.36. The normalized spacial score (nSPS) is 20.9. The average molecular weight is 283 g/mol. The quantitative estimate of drug-likeness (QED) is 0.897. The van der Waals surface area contributed by atoms with Gasteiger partial charge in [0.1, 0.15) is 0 Å². The summed E-state index contributed by atoms with van der Waals surface area (Å²) in [5, 5.41) is 3.43. The van der Waals surface area contributed by atoms with Crippen molar-refractivity contribution in [2.75, 3.05) is 39.5 Å². The molecule has 1 unspecified atom stereocenters. The third-order valence-corrected chi connectivity index (χ3v) is 5.22. The SMILES string of the molecule is CN1CCC(Nc2ccc(S(=O)(=O)N(C)C)cc2)C1. The molecule has 0 spiro atoms. The maximum atomic E-state index is 11.9. The summed E-state index contributed by atoms with van der Waals surface area (Å²) in [7, 11) is 1.85. The molecule has 1 aliphatic rings. The minimum Gasteiger partial charge on any atom is -0.381 e. The van der Waals surface area contributed by atoms with Gasteiger partial charge < -0.3 is 10.2 Å². The molecule has 1 N–H and O–H groups in total. The van der Waals surface area contributed by atoms with E-state index >= 15 is 0 Å². The average Bonchev–Trinajstić information content (AvgIpc) is 2.75. The maximum Gasteiger partial charge on any atom is 0.242 e. The zero-order chi connectivity index (χ0) is 14.0. The van der Waals surface area contributed by atoms with Crippen LogP contribution in [-0.2, 0) is 10.0 Å². The molecule has 1 aliphatic heterocycles. The second kappa shape index (κ2) is 5.48. The van der Waals surface area contributed by atoms with Crippen molar-refractivity contribution >= 4 is 15.7 Å². The van der Waals surface area contributed by atoms with Crippen LogP contribution in [-0.4, -0.2) is 57.9 Å². The van der Waals surface area contributed by atoms with Gasteiger partial charge in [-0.1, -0.05) is 0 Å². The van der Waals surface area contributed by atoms with E-state index in [1.54, 1.807) is 12.1 Å². The van der Waals surface area contributed by atoms with E-state index in [2.05, 4.69) is 17.3 Å². The number of likely N-dealkylation sites (tertiary alicyclic amines) is 1. The first-order chi connectivity index (χ1) is 8.89. The summed E-state index contributed by atoms with van der Waals surface area (Å²) in [6.45, 7) is 2.13. The topological polar surface area (TPSA) is 52.7 Å². The molecule has 0 amide bonds. The van der Waals surface area contributed by atoms with E-state index in [1.165, 1.54) is 18.4 Å². The molecule has 0 saturated carbocycles. The Bertz CT molecular complexity index is 525. The number of likely N-dealkylation sites (N-methyl/N-ethyl adjacent to an activating group) is 1. The van der Waals surface area contributed by atoms with Crippen LogP contribution in [0.25, 0.3) is 0 Å². The Balaban J connectivity index is 2.07. The summed E-state index contributed by atoms with van der Waals surface area (Å²) in [4.78, 5) is 2.61. The van der Waals surface area contributed by atoms with Gasteiger partial charge in [0.15, 0.2) is 0 Å². The van der Waals surface area contributed by atoms with Gasteiger partial charge in [0.25, 0.3) is 0 Å². The van der Waals surface area contributed by atoms with E-state index < -0.39 is 10.0 Å². The van der Waals surface area contributed by atoms with E-state index in [4.69, 9.17) is 0 Å². The molecule has 0 bridgehead atoms. The van der Waals surface area contributed by atoms with E-state index in [0.29, 0.717) is 10.9 Å². The van der Waals surface area contributed by atoms with Gasteiger partial charge in [-0.25, -0.2) is 12.7 Å². The Morgan fingerprint density at radius 1 is 1.26 bits per heavy atom. The summed E-state index contributed by atoms with van der Waals surface area (Å²) >= 11 is 0. The number of hydrogen-bond acceptors (Lipinski definition) is 4. The first kappa shape index (κ1) is 14.3. The number of sulfonamides is 1. The highest BCUT2D eigenvalue weighted by Gasteiger charge is 2.20. The maximum absolute atomic E-state index is 11.9. The summed E-state index contributed by atoms with van der Waals surface area (Å²) in [5.74, 6) is 0. The van der Waals surface area contributed by atoms with Crippen LogP contribution in [0.1, 0.15) is 6.42 Å². The van der Waals surface area contributed by atoms with Crippen molar-refractivity contribution in [2.45, 2.75) is 17.4 Å². The van der Waals surface area contributed by atoms with Crippen LogP contribution in [0.15, 0.2) is 29.2 Å². The van der Waals surface area contributed by atoms with Crippen molar-refractivity contribution in [3.8, 4) is 0 Å². The van der Waals surface area contributed by atoms with Crippen LogP contribution in [0.3, 0.4) is 0 Å². The molecular formula is C13H21N3O2S. The van der Waals surface area contributed by atoms with E-state index in [0.717, 1.165) is 25.2 Å². The third-order valence-electron chi connectivity index (χ3n) is 3.40. The summed E-state index contributed by atoms with van der Waals surface area (Å²) in [6, 6.07) is 7.40. The van der Waals surface area contributed by atoms with E-state index in [1.807, 2.05) is 12.1 Å². The van der Waals surface area contributed by atoms with Crippen molar-refractivity contribution in [3.05, 3.63) is 24.3 Å². The van der Waals surface area contributed by atoms with Crippen LogP contribution in [0.4, 0.5) is 5.69 Å². The van der Waals surface area contributed by atoms with Crippen LogP contribution in [0.5, 0.6) is 0 Å². The zero-order valence-corrected chi connectivity index (χ0v) is 12.4. The van der Waals surface area contributed by atoms with Crippen molar-refractivity contribution in [2.24, 2.45) is 0 Å². The van der Waals surface area contributed by atoms with Gasteiger partial charge in [0.2, 0.25) is 10.0 Å². The Morgan fingerprint density at radius 2 is 1.89 bits per heavy atom. The number of rotatable bonds is 4. The lowest BCUT2D eigenvalue weighted by Crippen LogP contribution is -2.24. The standard InChI is InChI=1S/C13H21N3O2S/c1-15(2)19(17,18)13-6-4-11(5-7-13)14-12-8-9-16(3)10-12/h4-7,12,14H,8-10H2,1-3H3. The van der Waals surface area contributed by atoms with Crippen molar-refractivity contribution in [1.29, 1.82) is 0 Å². The van der Waals surface area contributed by atoms with Gasteiger partial charge >= 0.3 is 0 Å². The molecule has 5 nitrogen and oxygen atoms in total. The molecule has 1 aromatic rings. The number of hydrogen-bond donors (Lipinski definition) is 1. The molecule has 1 fully saturated rings. The van der Waals surface area contributed by atoms with Crippen molar-refractivity contribution < 1.29 is 8.42 Å². The van der Waals surface area contributed by atoms with Gasteiger partial charge in [-0.05, 0) is 44.3 Å². The monoisotopic (exact) mass is 283 g/mol. The van der Waals surface area contributed by atoms with Gasteiger partial charge in [-0.15, -0.1) is 0 Å². The fourth-order valence-corrected chi connectivity index (χ4v) is 3.12. The van der Waals surface area contributed by atoms with Crippen LogP contribution < -0.4 is 5.32 Å². The molecule has 106 valence electrons. The Hall–Kier alpha value is -1.11. The highest BCUT2D eigenvalue weighted by Crippen LogP contribution is 2.19. The predicted octanol–water partition coefficient (Wildman–Crippen LogP) is 1.05. The molecular weight excluding hydrogens is 262 g/mol. The smallest absolute Gasteiger partial charge is 0.242 e. The number of anilines is 1. The lowest BCUT2D eigenvalue weighted by molar-refractivity contribution is 0.414. The first-order valence-electron chi connectivity index (χ1n) is 6.37. The fraction of sp³-hybridized carbons (Fsp3) is 0.538. The summed E-state index contributed by atoms with van der Waals surface area (Å²) < 4.78 is 25.1. The highest BCUT2D eigenvalue weighted by atomic mass is 32.2. The van der Waals surface area contributed by atoms with Crippen molar-refractivity contribution in [1.82, 2.24) is 9.21 Å². The van der Waals surface area contributed by atoms with Crippen LogP contribution in [0, 0.1) is 0 Å². The Labute approximate surface area is 115 Å². The largest absolute Gasteiger partial charge is 0.381 e. The third kappa shape index (κ3) is 3.26. The highest BCUT2D eigenvalue weighted by molar-refractivity contribution is 7.89. The fourth-order valence-electron chi connectivity index (χ4n) is 2.22. The van der Waals surface area contributed by atoms with Crippen molar-refractivity contribution in [3.63, 3.8) is 0 Å². The number of nitrogens with zero attached hydrogens (tertiary/aromatic N) is 2. The molecule has 6 heteroatoms. The van der Waals surface area contributed by atoms with Crippen LogP contribution >= 0.6 is 0 Å².